The number of rotatable bonds is 5. The minimum atomic E-state index is -4.65. The van der Waals surface area contributed by atoms with Crippen LogP contribution in [-0.2, 0) is 24.5 Å². The summed E-state index contributed by atoms with van der Waals surface area (Å²) in [5.74, 6) is -0.865. The molecule has 0 aliphatic heterocycles. The molecule has 0 aromatic heterocycles. The van der Waals surface area contributed by atoms with Crippen LogP contribution in [0, 0.1) is 6.07 Å². The molecule has 0 fully saturated rings. The van der Waals surface area contributed by atoms with Crippen LogP contribution in [-0.4, -0.2) is 43.1 Å². The van der Waals surface area contributed by atoms with Crippen LogP contribution in [0.25, 0.3) is 10.8 Å². The zero-order chi connectivity index (χ0) is 17.5. The van der Waals surface area contributed by atoms with Crippen LogP contribution >= 0.6 is 7.60 Å². The second-order valence-electron chi connectivity index (χ2n) is 4.75. The van der Waals surface area contributed by atoms with E-state index < -0.39 is 49.3 Å². The summed E-state index contributed by atoms with van der Waals surface area (Å²) >= 11 is 0. The van der Waals surface area contributed by atoms with Gasteiger partial charge in [-0.2, -0.15) is 8.42 Å². The number of hydrogen-bond acceptors (Lipinski definition) is 5. The highest BCUT2D eigenvalue weighted by Gasteiger charge is 2.25. The first-order valence-corrected chi connectivity index (χ1v) is 11.0. The molecule has 0 atom stereocenters. The highest BCUT2D eigenvalue weighted by Crippen LogP contribution is 2.35. The SMILES string of the molecule is O=P(O)(O)CCS(=O)(=O)c1cc(S(=O)(=O)O)cc2cc[c]cc12. The summed E-state index contributed by atoms with van der Waals surface area (Å²) in [7, 11) is -13.4. The third-order valence-electron chi connectivity index (χ3n) is 3.02. The zero-order valence-electron chi connectivity index (χ0n) is 11.4. The first-order chi connectivity index (χ1) is 10.4. The largest absolute Gasteiger partial charge is 0.326 e. The van der Waals surface area contributed by atoms with E-state index >= 15 is 0 Å². The molecule has 2 rings (SSSR count). The van der Waals surface area contributed by atoms with E-state index in [1.165, 1.54) is 18.2 Å². The van der Waals surface area contributed by atoms with Gasteiger partial charge in [-0.05, 0) is 29.7 Å². The Hall–Kier alpha value is -1.29. The first kappa shape index (κ1) is 18.1. The first-order valence-electron chi connectivity index (χ1n) is 6.09. The Kier molecular flexibility index (Phi) is 4.69. The molecule has 23 heavy (non-hydrogen) atoms. The lowest BCUT2D eigenvalue weighted by Crippen LogP contribution is -2.12. The Morgan fingerprint density at radius 3 is 2.35 bits per heavy atom. The predicted octanol–water partition coefficient (Wildman–Crippen LogP) is 0.838. The van der Waals surface area contributed by atoms with Gasteiger partial charge in [0.15, 0.2) is 9.84 Å². The Bertz CT molecular complexity index is 1000. The molecule has 0 aliphatic carbocycles. The van der Waals surface area contributed by atoms with Crippen LogP contribution in [0.3, 0.4) is 0 Å². The van der Waals surface area contributed by atoms with Crippen LogP contribution in [0.1, 0.15) is 0 Å². The van der Waals surface area contributed by atoms with Crippen molar-refractivity contribution in [3.63, 3.8) is 0 Å². The van der Waals surface area contributed by atoms with Crippen molar-refractivity contribution in [1.29, 1.82) is 0 Å². The molecule has 1 radical (unpaired) electrons. The van der Waals surface area contributed by atoms with Crippen molar-refractivity contribution >= 4 is 38.3 Å². The van der Waals surface area contributed by atoms with E-state index in [2.05, 4.69) is 6.07 Å². The van der Waals surface area contributed by atoms with Gasteiger partial charge >= 0.3 is 7.60 Å². The van der Waals surface area contributed by atoms with E-state index in [1.807, 2.05) is 0 Å². The number of hydrogen-bond donors (Lipinski definition) is 3. The van der Waals surface area contributed by atoms with Gasteiger partial charge in [-0.3, -0.25) is 9.12 Å². The normalized spacial score (nSPS) is 13.3. The van der Waals surface area contributed by atoms with Gasteiger partial charge in [0.2, 0.25) is 0 Å². The summed E-state index contributed by atoms with van der Waals surface area (Å²) in [4.78, 5) is 16.6. The van der Waals surface area contributed by atoms with E-state index in [1.54, 1.807) is 0 Å². The predicted molar refractivity (Wildman–Crippen MR) is 81.6 cm³/mol. The summed E-state index contributed by atoms with van der Waals surface area (Å²) in [6, 6.07) is 8.67. The molecule has 0 bridgehead atoms. The molecule has 2 aromatic rings. The van der Waals surface area contributed by atoms with E-state index in [0.717, 1.165) is 12.1 Å². The lowest BCUT2D eigenvalue weighted by Gasteiger charge is -2.10. The van der Waals surface area contributed by atoms with Crippen molar-refractivity contribution in [2.45, 2.75) is 9.79 Å². The lowest BCUT2D eigenvalue weighted by atomic mass is 10.1. The van der Waals surface area contributed by atoms with Gasteiger partial charge < -0.3 is 9.79 Å². The minimum absolute atomic E-state index is 0.144. The molecule has 0 spiro atoms. The monoisotopic (exact) mass is 379 g/mol. The summed E-state index contributed by atoms with van der Waals surface area (Å²) in [5, 5.41) is 0.374. The molecule has 8 nitrogen and oxygen atoms in total. The Balaban J connectivity index is 2.70. The van der Waals surface area contributed by atoms with Crippen molar-refractivity contribution in [1.82, 2.24) is 0 Å². The fourth-order valence-electron chi connectivity index (χ4n) is 1.94. The molecule has 11 heteroatoms. The Morgan fingerprint density at radius 1 is 1.13 bits per heavy atom. The highest BCUT2D eigenvalue weighted by molar-refractivity contribution is 7.92. The molecule has 0 saturated heterocycles. The zero-order valence-corrected chi connectivity index (χ0v) is 14.0. The number of sulfone groups is 1. The number of fused-ring (bicyclic) bond motifs is 1. The van der Waals surface area contributed by atoms with Crippen LogP contribution in [0.2, 0.25) is 0 Å². The highest BCUT2D eigenvalue weighted by atomic mass is 32.2. The van der Waals surface area contributed by atoms with Crippen molar-refractivity contribution in [3.8, 4) is 0 Å². The fraction of sp³-hybridized carbons (Fsp3) is 0.167. The third kappa shape index (κ3) is 4.37. The molecule has 2 aromatic carbocycles. The van der Waals surface area contributed by atoms with Gasteiger partial charge in [0, 0.05) is 5.39 Å². The molecule has 3 N–H and O–H groups in total. The second kappa shape index (κ2) is 5.97. The van der Waals surface area contributed by atoms with Gasteiger partial charge in [0.25, 0.3) is 10.1 Å². The second-order valence-corrected chi connectivity index (χ2v) is 10.0. The van der Waals surface area contributed by atoms with Crippen LogP contribution < -0.4 is 0 Å². The maximum atomic E-state index is 12.3. The average molecular weight is 379 g/mol. The summed E-state index contributed by atoms with van der Waals surface area (Å²) in [6.45, 7) is 0. The van der Waals surface area contributed by atoms with Crippen LogP contribution in [0.15, 0.2) is 40.1 Å². The molecule has 0 unspecified atom stereocenters. The molecule has 0 saturated carbocycles. The quantitative estimate of drug-likeness (QED) is 0.512. The molecular weight excluding hydrogens is 367 g/mol. The van der Waals surface area contributed by atoms with Gasteiger partial charge in [0.1, 0.15) is 0 Å². The van der Waals surface area contributed by atoms with Crippen LogP contribution in [0.5, 0.6) is 0 Å². The number of benzene rings is 2. The standard InChI is InChI=1S/C12H12O8PS2/c13-21(14,15)5-6-22(16,17)12-8-10(23(18,19)20)7-9-3-1-2-4-11(9)12/h1,3-4,7-8H,5-6H2,(H2,13,14,15)(H,18,19,20). The molecule has 0 aliphatic rings. The summed E-state index contributed by atoms with van der Waals surface area (Å²) in [5.41, 5.74) is 0. The van der Waals surface area contributed by atoms with Crippen molar-refractivity contribution in [2.75, 3.05) is 11.9 Å². The van der Waals surface area contributed by atoms with Crippen molar-refractivity contribution in [3.05, 3.63) is 36.4 Å². The average Bonchev–Trinajstić information content (AvgIpc) is 2.42. The van der Waals surface area contributed by atoms with Gasteiger partial charge in [-0.1, -0.05) is 12.1 Å². The molecule has 0 amide bonds. The summed E-state index contributed by atoms with van der Waals surface area (Å²) in [6.07, 6.45) is -0.899. The lowest BCUT2D eigenvalue weighted by molar-refractivity contribution is 0.374. The molecule has 125 valence electrons. The minimum Gasteiger partial charge on any atom is -0.324 e. The molecular formula is C12H12O8PS2. The Labute approximate surface area is 132 Å². The van der Waals surface area contributed by atoms with E-state index in [9.17, 15) is 21.4 Å². The van der Waals surface area contributed by atoms with Gasteiger partial charge in [-0.15, -0.1) is 0 Å². The van der Waals surface area contributed by atoms with E-state index in [0.29, 0.717) is 0 Å². The van der Waals surface area contributed by atoms with Crippen molar-refractivity contribution < 1.29 is 35.7 Å². The third-order valence-corrected chi connectivity index (χ3v) is 6.71. The van der Waals surface area contributed by atoms with Gasteiger partial charge in [-0.25, -0.2) is 8.42 Å². The maximum absolute atomic E-state index is 12.3. The summed E-state index contributed by atoms with van der Waals surface area (Å²) < 4.78 is 67.3. The maximum Gasteiger partial charge on any atom is 0.326 e. The van der Waals surface area contributed by atoms with Crippen molar-refractivity contribution in [2.24, 2.45) is 0 Å². The topological polar surface area (TPSA) is 146 Å². The Morgan fingerprint density at radius 2 is 1.78 bits per heavy atom. The van der Waals surface area contributed by atoms with Crippen LogP contribution in [0.4, 0.5) is 0 Å². The van der Waals surface area contributed by atoms with E-state index in [4.69, 9.17) is 14.3 Å². The fourth-order valence-corrected chi connectivity index (χ4v) is 5.51. The smallest absolute Gasteiger partial charge is 0.324 e. The van der Waals surface area contributed by atoms with E-state index in [-0.39, 0.29) is 10.8 Å². The molecule has 0 heterocycles. The van der Waals surface area contributed by atoms with Gasteiger partial charge in [0.05, 0.1) is 21.7 Å².